The standard InChI is InChI=1S/C13H15FN2/c1-10-5-2-3-8-16(10)13-7-4-6-12(14)11(13)9-15/h4,6-7,10H,2-3,5,8H2,1H3. The maximum Gasteiger partial charge on any atom is 0.143 e. The number of halogens is 1. The molecule has 1 unspecified atom stereocenters. The van der Waals surface area contributed by atoms with E-state index in [1.165, 1.54) is 12.5 Å². The fourth-order valence-corrected chi connectivity index (χ4v) is 2.32. The summed E-state index contributed by atoms with van der Waals surface area (Å²) in [4.78, 5) is 2.14. The van der Waals surface area contributed by atoms with Crippen molar-refractivity contribution in [3.63, 3.8) is 0 Å². The maximum absolute atomic E-state index is 13.5. The third-order valence-electron chi connectivity index (χ3n) is 3.22. The van der Waals surface area contributed by atoms with Gasteiger partial charge in [-0.25, -0.2) is 4.39 Å². The van der Waals surface area contributed by atoms with Crippen molar-refractivity contribution in [2.75, 3.05) is 11.4 Å². The summed E-state index contributed by atoms with van der Waals surface area (Å²) in [5, 5.41) is 9.00. The molecule has 1 aromatic carbocycles. The van der Waals surface area contributed by atoms with Crippen molar-refractivity contribution in [2.45, 2.75) is 32.2 Å². The van der Waals surface area contributed by atoms with Crippen LogP contribution in [0.3, 0.4) is 0 Å². The molecule has 84 valence electrons. The summed E-state index contributed by atoms with van der Waals surface area (Å²) < 4.78 is 13.5. The quantitative estimate of drug-likeness (QED) is 0.724. The lowest BCUT2D eigenvalue weighted by Crippen LogP contribution is -2.38. The van der Waals surface area contributed by atoms with E-state index in [1.807, 2.05) is 12.1 Å². The molecule has 1 heterocycles. The van der Waals surface area contributed by atoms with E-state index >= 15 is 0 Å². The van der Waals surface area contributed by atoms with Crippen molar-refractivity contribution < 1.29 is 4.39 Å². The van der Waals surface area contributed by atoms with Crippen molar-refractivity contribution in [1.82, 2.24) is 0 Å². The minimum atomic E-state index is -0.419. The Labute approximate surface area is 95.3 Å². The monoisotopic (exact) mass is 218 g/mol. The third-order valence-corrected chi connectivity index (χ3v) is 3.22. The van der Waals surface area contributed by atoms with Crippen LogP contribution in [-0.4, -0.2) is 12.6 Å². The van der Waals surface area contributed by atoms with E-state index in [0.717, 1.165) is 25.1 Å². The van der Waals surface area contributed by atoms with E-state index in [1.54, 1.807) is 6.07 Å². The third kappa shape index (κ3) is 1.88. The summed E-state index contributed by atoms with van der Waals surface area (Å²) in [5.74, 6) is -0.419. The molecule has 0 bridgehead atoms. The van der Waals surface area contributed by atoms with Gasteiger partial charge in [-0.3, -0.25) is 0 Å². The Morgan fingerprint density at radius 1 is 1.44 bits per heavy atom. The summed E-state index contributed by atoms with van der Waals surface area (Å²) in [7, 11) is 0. The fraction of sp³-hybridized carbons (Fsp3) is 0.462. The largest absolute Gasteiger partial charge is 0.368 e. The lowest BCUT2D eigenvalue weighted by molar-refractivity contribution is 0.483. The predicted molar refractivity (Wildman–Crippen MR) is 61.8 cm³/mol. The molecule has 0 saturated carbocycles. The summed E-state index contributed by atoms with van der Waals surface area (Å²) in [6, 6.07) is 7.21. The van der Waals surface area contributed by atoms with Crippen molar-refractivity contribution in [1.29, 1.82) is 5.26 Å². The van der Waals surface area contributed by atoms with Gasteiger partial charge in [0, 0.05) is 12.6 Å². The molecule has 3 heteroatoms. The Balaban J connectivity index is 2.39. The van der Waals surface area contributed by atoms with Crippen molar-refractivity contribution in [3.8, 4) is 6.07 Å². The van der Waals surface area contributed by atoms with Gasteiger partial charge in [-0.15, -0.1) is 0 Å². The zero-order valence-corrected chi connectivity index (χ0v) is 9.41. The van der Waals surface area contributed by atoms with Gasteiger partial charge in [-0.2, -0.15) is 5.26 Å². The van der Waals surface area contributed by atoms with Crippen LogP contribution in [-0.2, 0) is 0 Å². The molecule has 2 rings (SSSR count). The first-order valence-electron chi connectivity index (χ1n) is 5.69. The summed E-state index contributed by atoms with van der Waals surface area (Å²) in [6.07, 6.45) is 3.45. The highest BCUT2D eigenvalue weighted by Crippen LogP contribution is 2.28. The van der Waals surface area contributed by atoms with Crippen molar-refractivity contribution in [2.24, 2.45) is 0 Å². The first-order chi connectivity index (χ1) is 7.74. The highest BCUT2D eigenvalue weighted by Gasteiger charge is 2.22. The molecular formula is C13H15FN2. The summed E-state index contributed by atoms with van der Waals surface area (Å²) in [6.45, 7) is 3.05. The van der Waals surface area contributed by atoms with Gasteiger partial charge in [-0.1, -0.05) is 6.07 Å². The minimum absolute atomic E-state index is 0.177. The molecule has 16 heavy (non-hydrogen) atoms. The number of rotatable bonds is 1. The zero-order chi connectivity index (χ0) is 11.5. The molecule has 1 saturated heterocycles. The highest BCUT2D eigenvalue weighted by atomic mass is 19.1. The summed E-state index contributed by atoms with van der Waals surface area (Å²) in [5.41, 5.74) is 0.922. The molecule has 0 aromatic heterocycles. The first kappa shape index (κ1) is 10.9. The lowest BCUT2D eigenvalue weighted by Gasteiger charge is -2.35. The first-order valence-corrected chi connectivity index (χ1v) is 5.69. The predicted octanol–water partition coefficient (Wildman–Crippen LogP) is 3.08. The van der Waals surface area contributed by atoms with Gasteiger partial charge in [-0.05, 0) is 38.3 Å². The van der Waals surface area contributed by atoms with E-state index in [-0.39, 0.29) is 5.56 Å². The van der Waals surface area contributed by atoms with E-state index in [4.69, 9.17) is 5.26 Å². The van der Waals surface area contributed by atoms with Crippen molar-refractivity contribution >= 4 is 5.69 Å². The van der Waals surface area contributed by atoms with Crippen molar-refractivity contribution in [3.05, 3.63) is 29.6 Å². The lowest BCUT2D eigenvalue weighted by atomic mass is 10.0. The summed E-state index contributed by atoms with van der Waals surface area (Å²) >= 11 is 0. The second-order valence-electron chi connectivity index (χ2n) is 4.28. The Morgan fingerprint density at radius 3 is 2.94 bits per heavy atom. The maximum atomic E-state index is 13.5. The number of anilines is 1. The van der Waals surface area contributed by atoms with Crippen LogP contribution < -0.4 is 4.90 Å². The molecule has 0 radical (unpaired) electrons. The van der Waals surface area contributed by atoms with E-state index in [0.29, 0.717) is 6.04 Å². The van der Waals surface area contributed by atoms with E-state index < -0.39 is 5.82 Å². The van der Waals surface area contributed by atoms with Gasteiger partial charge in [0.2, 0.25) is 0 Å². The molecule has 0 spiro atoms. The molecular weight excluding hydrogens is 203 g/mol. The number of nitrogens with zero attached hydrogens (tertiary/aromatic N) is 2. The van der Waals surface area contributed by atoms with Crippen LogP contribution in [0.25, 0.3) is 0 Å². The SMILES string of the molecule is CC1CCCCN1c1cccc(F)c1C#N. The average molecular weight is 218 g/mol. The van der Waals surface area contributed by atoms with Crippen LogP contribution >= 0.6 is 0 Å². The normalized spacial score (nSPS) is 20.6. The molecule has 1 aliphatic heterocycles. The van der Waals surface area contributed by atoms with Crippen LogP contribution in [0.2, 0.25) is 0 Å². The topological polar surface area (TPSA) is 27.0 Å². The molecule has 0 amide bonds. The van der Waals surface area contributed by atoms with Gasteiger partial charge in [0.1, 0.15) is 17.4 Å². The molecule has 1 atom stereocenters. The van der Waals surface area contributed by atoms with E-state index in [9.17, 15) is 4.39 Å². The second kappa shape index (κ2) is 4.52. The van der Waals surface area contributed by atoms with Gasteiger partial charge >= 0.3 is 0 Å². The molecule has 1 fully saturated rings. The molecule has 1 aliphatic rings. The van der Waals surface area contributed by atoms with E-state index in [2.05, 4.69) is 11.8 Å². The Kier molecular flexibility index (Phi) is 3.09. The van der Waals surface area contributed by atoms with Crippen LogP contribution in [0.15, 0.2) is 18.2 Å². The number of piperidine rings is 1. The van der Waals surface area contributed by atoms with Crippen LogP contribution in [0, 0.1) is 17.1 Å². The van der Waals surface area contributed by atoms with Crippen LogP contribution in [0.1, 0.15) is 31.7 Å². The Bertz CT molecular complexity index is 422. The highest BCUT2D eigenvalue weighted by molar-refractivity contribution is 5.60. The van der Waals surface area contributed by atoms with Gasteiger partial charge in [0.25, 0.3) is 0 Å². The molecule has 2 nitrogen and oxygen atoms in total. The van der Waals surface area contributed by atoms with Gasteiger partial charge < -0.3 is 4.90 Å². The van der Waals surface area contributed by atoms with Gasteiger partial charge in [0.05, 0.1) is 5.69 Å². The smallest absolute Gasteiger partial charge is 0.143 e. The minimum Gasteiger partial charge on any atom is -0.368 e. The van der Waals surface area contributed by atoms with Crippen LogP contribution in [0.4, 0.5) is 10.1 Å². The Morgan fingerprint density at radius 2 is 2.25 bits per heavy atom. The number of nitriles is 1. The number of hydrogen-bond acceptors (Lipinski definition) is 2. The molecule has 1 aromatic rings. The van der Waals surface area contributed by atoms with Crippen LogP contribution in [0.5, 0.6) is 0 Å². The fourth-order valence-electron chi connectivity index (χ4n) is 2.32. The second-order valence-corrected chi connectivity index (χ2v) is 4.28. The number of benzene rings is 1. The average Bonchev–Trinajstić information content (AvgIpc) is 2.29. The molecule has 0 aliphatic carbocycles. The number of hydrogen-bond donors (Lipinski definition) is 0. The Hall–Kier alpha value is -1.56. The zero-order valence-electron chi connectivity index (χ0n) is 9.41. The molecule has 0 N–H and O–H groups in total. The van der Waals surface area contributed by atoms with Gasteiger partial charge in [0.15, 0.2) is 0 Å².